The molecule has 0 fully saturated rings. The first-order valence-electron chi connectivity index (χ1n) is 6.78. The Morgan fingerprint density at radius 1 is 1.33 bits per heavy atom. The van der Waals surface area contributed by atoms with Gasteiger partial charge in [0.1, 0.15) is 0 Å². The summed E-state index contributed by atoms with van der Waals surface area (Å²) < 4.78 is 28.9. The number of para-hydroxylation sites is 1. The van der Waals surface area contributed by atoms with Crippen LogP contribution in [0.1, 0.15) is 13.8 Å². The van der Waals surface area contributed by atoms with Crippen molar-refractivity contribution in [1.29, 1.82) is 0 Å². The lowest BCUT2D eigenvalue weighted by Crippen LogP contribution is -2.22. The van der Waals surface area contributed by atoms with Gasteiger partial charge in [0.05, 0.1) is 16.6 Å². The number of rotatable bonds is 4. The number of nitrogens with zero attached hydrogens (tertiary/aromatic N) is 2. The summed E-state index contributed by atoms with van der Waals surface area (Å²) in [5.41, 5.74) is 2.19. The Hall–Kier alpha value is -1.47. The molecule has 0 atom stereocenters. The molecule has 0 bridgehead atoms. The second-order valence-electron chi connectivity index (χ2n) is 5.19. The molecule has 1 aliphatic rings. The molecular formula is C14H17N3O2S2. The van der Waals surface area contributed by atoms with E-state index in [0.29, 0.717) is 5.69 Å². The Kier molecular flexibility index (Phi) is 3.71. The van der Waals surface area contributed by atoms with Gasteiger partial charge in [-0.2, -0.15) is 0 Å². The van der Waals surface area contributed by atoms with Gasteiger partial charge in [-0.05, 0) is 19.9 Å². The van der Waals surface area contributed by atoms with Crippen LogP contribution >= 0.6 is 11.8 Å². The molecule has 0 radical (unpaired) electrons. The lowest BCUT2D eigenvalue weighted by atomic mass is 10.1. The van der Waals surface area contributed by atoms with E-state index in [2.05, 4.69) is 14.3 Å². The molecule has 0 saturated heterocycles. The highest BCUT2D eigenvalue weighted by molar-refractivity contribution is 7.99. The van der Waals surface area contributed by atoms with Gasteiger partial charge in [-0.3, -0.25) is 4.72 Å². The summed E-state index contributed by atoms with van der Waals surface area (Å²) in [7, 11) is -3.37. The number of aryl methyl sites for hydroxylation is 1. The zero-order chi connectivity index (χ0) is 15.0. The quantitative estimate of drug-likeness (QED) is 0.940. The van der Waals surface area contributed by atoms with Gasteiger partial charge >= 0.3 is 0 Å². The Morgan fingerprint density at radius 2 is 2.10 bits per heavy atom. The molecule has 0 unspecified atom stereocenters. The van der Waals surface area contributed by atoms with Crippen molar-refractivity contribution >= 4 is 27.5 Å². The van der Waals surface area contributed by atoms with Crippen LogP contribution in [0.5, 0.6) is 0 Å². The SMILES string of the molecule is CC(C)S(=O)(=O)Nc1ccccc1-c1cn2c(n1)SCC2. The van der Waals surface area contributed by atoms with E-state index >= 15 is 0 Å². The van der Waals surface area contributed by atoms with Gasteiger partial charge in [-0.15, -0.1) is 0 Å². The molecule has 3 rings (SSSR count). The van der Waals surface area contributed by atoms with Crippen molar-refractivity contribution in [2.75, 3.05) is 10.5 Å². The number of benzene rings is 1. The highest BCUT2D eigenvalue weighted by Crippen LogP contribution is 2.33. The molecule has 7 heteroatoms. The summed E-state index contributed by atoms with van der Waals surface area (Å²) in [6, 6.07) is 7.37. The number of nitrogens with one attached hydrogen (secondary N) is 1. The van der Waals surface area contributed by atoms with Crippen LogP contribution < -0.4 is 4.72 Å². The van der Waals surface area contributed by atoms with E-state index in [1.54, 1.807) is 31.7 Å². The van der Waals surface area contributed by atoms with Crippen LogP contribution in [0, 0.1) is 0 Å². The first-order chi connectivity index (χ1) is 9.97. The third-order valence-corrected chi connectivity index (χ3v) is 6.10. The van der Waals surface area contributed by atoms with Crippen molar-refractivity contribution < 1.29 is 8.42 Å². The highest BCUT2D eigenvalue weighted by Gasteiger charge is 2.20. The summed E-state index contributed by atoms with van der Waals surface area (Å²) in [6.07, 6.45) is 1.98. The molecule has 5 nitrogen and oxygen atoms in total. The monoisotopic (exact) mass is 323 g/mol. The van der Waals surface area contributed by atoms with Gasteiger partial charge in [-0.25, -0.2) is 13.4 Å². The molecule has 0 aliphatic carbocycles. The minimum absolute atomic E-state index is 0.479. The summed E-state index contributed by atoms with van der Waals surface area (Å²) in [5.74, 6) is 1.05. The van der Waals surface area contributed by atoms with E-state index in [-0.39, 0.29) is 0 Å². The average Bonchev–Trinajstić information content (AvgIpc) is 2.99. The lowest BCUT2D eigenvalue weighted by Gasteiger charge is -2.13. The fourth-order valence-electron chi connectivity index (χ4n) is 2.11. The van der Waals surface area contributed by atoms with Crippen molar-refractivity contribution in [2.45, 2.75) is 30.8 Å². The predicted molar refractivity (Wildman–Crippen MR) is 86.1 cm³/mol. The molecule has 1 aliphatic heterocycles. The molecule has 1 aromatic heterocycles. The molecule has 1 aromatic carbocycles. The largest absolute Gasteiger partial charge is 0.325 e. The normalized spacial score (nSPS) is 14.4. The second kappa shape index (κ2) is 5.38. The van der Waals surface area contributed by atoms with Crippen LogP contribution in [-0.2, 0) is 16.6 Å². The zero-order valence-corrected chi connectivity index (χ0v) is 13.5. The Balaban J connectivity index is 2.00. The van der Waals surface area contributed by atoms with Gasteiger partial charge < -0.3 is 4.57 Å². The number of hydrogen-bond donors (Lipinski definition) is 1. The second-order valence-corrected chi connectivity index (χ2v) is 8.49. The average molecular weight is 323 g/mol. The number of fused-ring (bicyclic) bond motifs is 1. The van der Waals surface area contributed by atoms with E-state index in [4.69, 9.17) is 0 Å². The summed E-state index contributed by atoms with van der Waals surface area (Å²) >= 11 is 1.72. The number of sulfonamides is 1. The van der Waals surface area contributed by atoms with Gasteiger partial charge in [-0.1, -0.05) is 30.0 Å². The van der Waals surface area contributed by atoms with Crippen LogP contribution in [0.25, 0.3) is 11.3 Å². The van der Waals surface area contributed by atoms with E-state index < -0.39 is 15.3 Å². The Bertz CT molecular complexity index is 745. The number of imidazole rings is 1. The molecule has 0 amide bonds. The van der Waals surface area contributed by atoms with E-state index in [9.17, 15) is 8.42 Å². The molecule has 1 N–H and O–H groups in total. The van der Waals surface area contributed by atoms with E-state index in [1.807, 2.05) is 24.4 Å². The molecule has 2 heterocycles. The molecule has 0 spiro atoms. The molecule has 0 saturated carbocycles. The van der Waals surface area contributed by atoms with Crippen LogP contribution in [0.2, 0.25) is 0 Å². The fraction of sp³-hybridized carbons (Fsp3) is 0.357. The van der Waals surface area contributed by atoms with Crippen LogP contribution in [-0.4, -0.2) is 29.0 Å². The maximum Gasteiger partial charge on any atom is 0.235 e. The van der Waals surface area contributed by atoms with E-state index in [1.165, 1.54) is 0 Å². The van der Waals surface area contributed by atoms with Crippen molar-refractivity contribution in [2.24, 2.45) is 0 Å². The van der Waals surface area contributed by atoms with Crippen molar-refractivity contribution in [1.82, 2.24) is 9.55 Å². The van der Waals surface area contributed by atoms with Gasteiger partial charge in [0.15, 0.2) is 5.16 Å². The Morgan fingerprint density at radius 3 is 2.81 bits per heavy atom. The fourth-order valence-corrected chi connectivity index (χ4v) is 3.77. The third-order valence-electron chi connectivity index (χ3n) is 3.38. The smallest absolute Gasteiger partial charge is 0.235 e. The summed E-state index contributed by atoms with van der Waals surface area (Å²) in [4.78, 5) is 4.59. The highest BCUT2D eigenvalue weighted by atomic mass is 32.2. The van der Waals surface area contributed by atoms with Gasteiger partial charge in [0.25, 0.3) is 0 Å². The third kappa shape index (κ3) is 2.80. The van der Waals surface area contributed by atoms with Crippen molar-refractivity contribution in [3.05, 3.63) is 30.5 Å². The number of thioether (sulfide) groups is 1. The van der Waals surface area contributed by atoms with Crippen LogP contribution in [0.3, 0.4) is 0 Å². The summed E-state index contributed by atoms with van der Waals surface area (Å²) in [5, 5.41) is 0.514. The first-order valence-corrected chi connectivity index (χ1v) is 9.31. The zero-order valence-electron chi connectivity index (χ0n) is 11.9. The molecule has 112 valence electrons. The molecule has 2 aromatic rings. The van der Waals surface area contributed by atoms with Crippen molar-refractivity contribution in [3.8, 4) is 11.3 Å². The first kappa shape index (κ1) is 14.5. The Labute approximate surface area is 128 Å². The standard InChI is InChI=1S/C14H17N3O2S2/c1-10(2)21(18,19)16-12-6-4-3-5-11(12)13-9-17-7-8-20-14(17)15-13/h3-6,9-10,16H,7-8H2,1-2H3. The number of anilines is 1. The van der Waals surface area contributed by atoms with Gasteiger partial charge in [0.2, 0.25) is 10.0 Å². The van der Waals surface area contributed by atoms with Crippen molar-refractivity contribution in [3.63, 3.8) is 0 Å². The van der Waals surface area contributed by atoms with Gasteiger partial charge in [0, 0.05) is 24.1 Å². The maximum absolute atomic E-state index is 12.1. The summed E-state index contributed by atoms with van der Waals surface area (Å²) in [6.45, 7) is 4.27. The lowest BCUT2D eigenvalue weighted by molar-refractivity contribution is 0.593. The predicted octanol–water partition coefficient (Wildman–Crippen LogP) is 2.81. The number of aromatic nitrogens is 2. The van der Waals surface area contributed by atoms with Crippen LogP contribution in [0.15, 0.2) is 35.6 Å². The molecule has 21 heavy (non-hydrogen) atoms. The van der Waals surface area contributed by atoms with E-state index in [0.717, 1.165) is 28.7 Å². The van der Waals surface area contributed by atoms with Crippen LogP contribution in [0.4, 0.5) is 5.69 Å². The molecular weight excluding hydrogens is 306 g/mol. The number of hydrogen-bond acceptors (Lipinski definition) is 4. The minimum atomic E-state index is -3.37. The maximum atomic E-state index is 12.1. The minimum Gasteiger partial charge on any atom is -0.325 e. The topological polar surface area (TPSA) is 64.0 Å².